The molecule has 0 N–H and O–H groups in total. The maximum atomic E-state index is 5.87. The van der Waals surface area contributed by atoms with Gasteiger partial charge in [-0.3, -0.25) is 0 Å². The van der Waals surface area contributed by atoms with Gasteiger partial charge < -0.3 is 4.57 Å². The zero-order chi connectivity index (χ0) is 12.5. The molecule has 3 nitrogen and oxygen atoms in total. The first-order chi connectivity index (χ1) is 8.74. The van der Waals surface area contributed by atoms with Crippen LogP contribution in [-0.2, 0) is 12.8 Å². The largest absolute Gasteiger partial charge is 0.309 e. The maximum absolute atomic E-state index is 5.87. The number of hydrogen-bond donors (Lipinski definition) is 0. The molecular weight excluding hydrogens is 266 g/mol. The van der Waals surface area contributed by atoms with Crippen LogP contribution in [0.2, 0.25) is 5.02 Å². The fourth-order valence-corrected chi connectivity index (χ4v) is 2.88. The Morgan fingerprint density at radius 1 is 1.28 bits per heavy atom. The van der Waals surface area contributed by atoms with Crippen molar-refractivity contribution in [1.29, 1.82) is 0 Å². The molecule has 1 fully saturated rings. The molecule has 1 aliphatic carbocycles. The van der Waals surface area contributed by atoms with Gasteiger partial charge in [0, 0.05) is 23.7 Å². The van der Waals surface area contributed by atoms with Gasteiger partial charge in [0.25, 0.3) is 0 Å². The predicted octanol–water partition coefficient (Wildman–Crippen LogP) is 3.64. The fraction of sp³-hybridized carbons (Fsp3) is 0.385. The number of thioether (sulfide) groups is 1. The average Bonchev–Trinajstić information content (AvgIpc) is 3.14. The van der Waals surface area contributed by atoms with Gasteiger partial charge in [0.15, 0.2) is 5.16 Å². The average molecular weight is 280 g/mol. The summed E-state index contributed by atoms with van der Waals surface area (Å²) in [6.07, 6.45) is 2.52. The number of halogens is 1. The first-order valence-electron chi connectivity index (χ1n) is 6.00. The third kappa shape index (κ3) is 2.54. The summed E-state index contributed by atoms with van der Waals surface area (Å²) in [6.45, 7) is 0. The second-order valence-electron chi connectivity index (χ2n) is 4.59. The van der Waals surface area contributed by atoms with Gasteiger partial charge in [-0.15, -0.1) is 10.2 Å². The van der Waals surface area contributed by atoms with E-state index in [9.17, 15) is 0 Å². The van der Waals surface area contributed by atoms with Crippen molar-refractivity contribution in [1.82, 2.24) is 14.8 Å². The number of hydrogen-bond acceptors (Lipinski definition) is 3. The molecule has 94 valence electrons. The monoisotopic (exact) mass is 279 g/mol. The molecule has 0 saturated heterocycles. The number of nitrogens with zero attached hydrogens (tertiary/aromatic N) is 3. The summed E-state index contributed by atoms with van der Waals surface area (Å²) in [4.78, 5) is 0. The molecule has 1 saturated carbocycles. The van der Waals surface area contributed by atoms with E-state index >= 15 is 0 Å². The van der Waals surface area contributed by atoms with Crippen LogP contribution in [0.4, 0.5) is 0 Å². The molecule has 5 heteroatoms. The Bertz CT molecular complexity index is 546. The van der Waals surface area contributed by atoms with E-state index in [-0.39, 0.29) is 0 Å². The Morgan fingerprint density at radius 2 is 2.00 bits per heavy atom. The molecule has 0 atom stereocenters. The van der Waals surface area contributed by atoms with E-state index in [1.54, 1.807) is 11.8 Å². The maximum Gasteiger partial charge on any atom is 0.191 e. The molecule has 0 unspecified atom stereocenters. The van der Waals surface area contributed by atoms with Crippen LogP contribution in [0, 0.1) is 0 Å². The summed E-state index contributed by atoms with van der Waals surface area (Å²) in [5.74, 6) is 2.68. The molecule has 2 aromatic rings. The van der Waals surface area contributed by atoms with E-state index in [1.807, 2.05) is 24.3 Å². The Morgan fingerprint density at radius 3 is 2.67 bits per heavy atom. The highest BCUT2D eigenvalue weighted by Gasteiger charge is 2.29. The van der Waals surface area contributed by atoms with Crippen LogP contribution < -0.4 is 0 Å². The quantitative estimate of drug-likeness (QED) is 0.801. The van der Waals surface area contributed by atoms with Crippen molar-refractivity contribution in [2.24, 2.45) is 7.05 Å². The standard InChI is InChI=1S/C13H14ClN3S/c1-17-12(10-4-5-10)15-16-13(17)18-8-9-2-6-11(14)7-3-9/h2-3,6-7,10H,4-5,8H2,1H3. The van der Waals surface area contributed by atoms with Gasteiger partial charge in [0.1, 0.15) is 5.82 Å². The zero-order valence-corrected chi connectivity index (χ0v) is 11.7. The van der Waals surface area contributed by atoms with Crippen LogP contribution in [0.25, 0.3) is 0 Å². The Balaban J connectivity index is 1.67. The van der Waals surface area contributed by atoms with Crippen LogP contribution in [0.15, 0.2) is 29.4 Å². The number of benzene rings is 1. The van der Waals surface area contributed by atoms with E-state index in [0.29, 0.717) is 5.92 Å². The van der Waals surface area contributed by atoms with Gasteiger partial charge in [-0.2, -0.15) is 0 Å². The van der Waals surface area contributed by atoms with Gasteiger partial charge in [-0.25, -0.2) is 0 Å². The number of rotatable bonds is 4. The summed E-state index contributed by atoms with van der Waals surface area (Å²) in [7, 11) is 2.05. The second-order valence-corrected chi connectivity index (χ2v) is 5.97. The molecule has 1 aromatic carbocycles. The van der Waals surface area contributed by atoms with E-state index in [0.717, 1.165) is 21.8 Å². The topological polar surface area (TPSA) is 30.7 Å². The summed E-state index contributed by atoms with van der Waals surface area (Å²) in [5, 5.41) is 10.3. The highest BCUT2D eigenvalue weighted by molar-refractivity contribution is 7.98. The van der Waals surface area contributed by atoms with E-state index in [4.69, 9.17) is 11.6 Å². The molecule has 18 heavy (non-hydrogen) atoms. The summed E-state index contributed by atoms with van der Waals surface area (Å²) in [5.41, 5.74) is 1.25. The van der Waals surface area contributed by atoms with Gasteiger partial charge in [0.05, 0.1) is 0 Å². The van der Waals surface area contributed by atoms with Crippen LogP contribution in [-0.4, -0.2) is 14.8 Å². The van der Waals surface area contributed by atoms with Gasteiger partial charge >= 0.3 is 0 Å². The van der Waals surface area contributed by atoms with Crippen molar-refractivity contribution < 1.29 is 0 Å². The lowest BCUT2D eigenvalue weighted by atomic mass is 10.2. The predicted molar refractivity (Wildman–Crippen MR) is 74.0 cm³/mol. The molecule has 3 rings (SSSR count). The second kappa shape index (κ2) is 4.94. The molecule has 1 aromatic heterocycles. The van der Waals surface area contributed by atoms with Crippen molar-refractivity contribution in [3.63, 3.8) is 0 Å². The Kier molecular flexibility index (Phi) is 3.31. The summed E-state index contributed by atoms with van der Waals surface area (Å²) < 4.78 is 2.12. The Labute approximate surface area is 116 Å². The third-order valence-electron chi connectivity index (χ3n) is 3.09. The highest BCUT2D eigenvalue weighted by atomic mass is 35.5. The van der Waals surface area contributed by atoms with Gasteiger partial charge in [-0.1, -0.05) is 35.5 Å². The van der Waals surface area contributed by atoms with Crippen molar-refractivity contribution in [3.8, 4) is 0 Å². The van der Waals surface area contributed by atoms with Gasteiger partial charge in [0.2, 0.25) is 0 Å². The van der Waals surface area contributed by atoms with Crippen LogP contribution >= 0.6 is 23.4 Å². The lowest BCUT2D eigenvalue weighted by molar-refractivity contribution is 0.736. The molecule has 0 bridgehead atoms. The first kappa shape index (κ1) is 12.1. The molecular formula is C13H14ClN3S. The minimum Gasteiger partial charge on any atom is -0.309 e. The van der Waals surface area contributed by atoms with Crippen molar-refractivity contribution in [2.75, 3.05) is 0 Å². The summed E-state index contributed by atoms with van der Waals surface area (Å²) >= 11 is 7.58. The lowest BCUT2D eigenvalue weighted by Gasteiger charge is -2.03. The molecule has 0 radical (unpaired) electrons. The van der Waals surface area contributed by atoms with Gasteiger partial charge in [-0.05, 0) is 30.5 Å². The van der Waals surface area contributed by atoms with E-state index in [1.165, 1.54) is 18.4 Å². The third-order valence-corrected chi connectivity index (χ3v) is 4.44. The van der Waals surface area contributed by atoms with E-state index < -0.39 is 0 Å². The van der Waals surface area contributed by atoms with Crippen molar-refractivity contribution in [2.45, 2.75) is 29.7 Å². The molecule has 0 amide bonds. The molecule has 1 heterocycles. The fourth-order valence-electron chi connectivity index (χ4n) is 1.88. The van der Waals surface area contributed by atoms with Crippen LogP contribution in [0.3, 0.4) is 0 Å². The highest BCUT2D eigenvalue weighted by Crippen LogP contribution is 2.39. The molecule has 1 aliphatic rings. The summed E-state index contributed by atoms with van der Waals surface area (Å²) in [6, 6.07) is 7.94. The minimum atomic E-state index is 0.646. The lowest BCUT2D eigenvalue weighted by Crippen LogP contribution is -1.97. The normalized spacial score (nSPS) is 15.0. The molecule has 0 aliphatic heterocycles. The Hall–Kier alpha value is -1.00. The molecule has 0 spiro atoms. The van der Waals surface area contributed by atoms with Crippen LogP contribution in [0.1, 0.15) is 30.1 Å². The SMILES string of the molecule is Cn1c(SCc2ccc(Cl)cc2)nnc1C1CC1. The van der Waals surface area contributed by atoms with Crippen molar-refractivity contribution in [3.05, 3.63) is 40.7 Å². The zero-order valence-electron chi connectivity index (χ0n) is 10.1. The van der Waals surface area contributed by atoms with E-state index in [2.05, 4.69) is 21.8 Å². The number of aromatic nitrogens is 3. The van der Waals surface area contributed by atoms with Crippen molar-refractivity contribution >= 4 is 23.4 Å². The smallest absolute Gasteiger partial charge is 0.191 e. The van der Waals surface area contributed by atoms with Crippen LogP contribution in [0.5, 0.6) is 0 Å². The minimum absolute atomic E-state index is 0.646. The first-order valence-corrected chi connectivity index (χ1v) is 7.37.